The molecule has 1 aromatic carbocycles. The summed E-state index contributed by atoms with van der Waals surface area (Å²) < 4.78 is 0. The lowest BCUT2D eigenvalue weighted by atomic mass is 9.97. The van der Waals surface area contributed by atoms with E-state index in [1.807, 2.05) is 18.2 Å². The first-order valence-electron chi connectivity index (χ1n) is 9.88. The van der Waals surface area contributed by atoms with Gasteiger partial charge in [0.1, 0.15) is 0 Å². The van der Waals surface area contributed by atoms with E-state index >= 15 is 0 Å². The van der Waals surface area contributed by atoms with Crippen molar-refractivity contribution in [3.63, 3.8) is 0 Å². The molecular formula is C20H33ClIN5. The Morgan fingerprint density at radius 1 is 1.22 bits per heavy atom. The Labute approximate surface area is 185 Å². The average Bonchev–Trinajstić information content (AvgIpc) is 3.10. The van der Waals surface area contributed by atoms with E-state index in [0.717, 1.165) is 43.6 Å². The third kappa shape index (κ3) is 6.98. The topological polar surface area (TPSA) is 42.9 Å². The number of halogens is 2. The molecule has 0 aromatic heterocycles. The summed E-state index contributed by atoms with van der Waals surface area (Å²) in [4.78, 5) is 9.68. The normalized spacial score (nSPS) is 21.8. The summed E-state index contributed by atoms with van der Waals surface area (Å²) in [6.07, 6.45) is 3.63. The maximum atomic E-state index is 6.13. The molecule has 1 aromatic rings. The molecule has 0 spiro atoms. The number of nitrogens with one attached hydrogen (secondary N) is 2. The monoisotopic (exact) mass is 505 g/mol. The van der Waals surface area contributed by atoms with Crippen LogP contribution in [-0.2, 0) is 0 Å². The van der Waals surface area contributed by atoms with Gasteiger partial charge in [0.2, 0.25) is 0 Å². The molecule has 1 unspecified atom stereocenters. The number of aliphatic imine (C=N–C) groups is 1. The molecule has 0 amide bonds. The van der Waals surface area contributed by atoms with Crippen LogP contribution in [0.4, 0.5) is 5.69 Å². The zero-order valence-electron chi connectivity index (χ0n) is 16.5. The predicted octanol–water partition coefficient (Wildman–Crippen LogP) is 3.43. The SMILES string of the molecule is CCNC(=NCC1CCN(C)CC1)NC1CCN(c2cccc(Cl)c2)C1.I. The first-order chi connectivity index (χ1) is 12.6. The number of hydrogen-bond donors (Lipinski definition) is 2. The van der Waals surface area contributed by atoms with E-state index in [1.54, 1.807) is 0 Å². The molecule has 27 heavy (non-hydrogen) atoms. The third-order valence-corrected chi connectivity index (χ3v) is 5.63. The van der Waals surface area contributed by atoms with E-state index < -0.39 is 0 Å². The highest BCUT2D eigenvalue weighted by Crippen LogP contribution is 2.23. The summed E-state index contributed by atoms with van der Waals surface area (Å²) in [5, 5.41) is 7.84. The summed E-state index contributed by atoms with van der Waals surface area (Å²) in [6.45, 7) is 8.37. The molecule has 152 valence electrons. The lowest BCUT2D eigenvalue weighted by Gasteiger charge is -2.28. The molecule has 2 fully saturated rings. The van der Waals surface area contributed by atoms with Crippen LogP contribution in [0.5, 0.6) is 0 Å². The van der Waals surface area contributed by atoms with Crippen molar-refractivity contribution in [1.29, 1.82) is 0 Å². The molecule has 2 aliphatic heterocycles. The minimum Gasteiger partial charge on any atom is -0.369 e. The molecule has 0 radical (unpaired) electrons. The number of benzene rings is 1. The van der Waals surface area contributed by atoms with Crippen LogP contribution in [0.3, 0.4) is 0 Å². The number of guanidine groups is 1. The van der Waals surface area contributed by atoms with Crippen LogP contribution in [0, 0.1) is 5.92 Å². The maximum Gasteiger partial charge on any atom is 0.191 e. The molecule has 5 nitrogen and oxygen atoms in total. The third-order valence-electron chi connectivity index (χ3n) is 5.39. The van der Waals surface area contributed by atoms with E-state index in [9.17, 15) is 0 Å². The van der Waals surface area contributed by atoms with Gasteiger partial charge in [-0.25, -0.2) is 0 Å². The largest absolute Gasteiger partial charge is 0.369 e. The van der Waals surface area contributed by atoms with Crippen LogP contribution in [0.1, 0.15) is 26.2 Å². The van der Waals surface area contributed by atoms with Gasteiger partial charge in [-0.05, 0) is 70.4 Å². The highest BCUT2D eigenvalue weighted by atomic mass is 127. The number of likely N-dealkylation sites (tertiary alicyclic amines) is 1. The van der Waals surface area contributed by atoms with Gasteiger partial charge in [0.05, 0.1) is 0 Å². The van der Waals surface area contributed by atoms with Gasteiger partial charge in [-0.1, -0.05) is 17.7 Å². The van der Waals surface area contributed by atoms with Crippen LogP contribution in [0.25, 0.3) is 0 Å². The van der Waals surface area contributed by atoms with Crippen LogP contribution < -0.4 is 15.5 Å². The van der Waals surface area contributed by atoms with Gasteiger partial charge in [0.15, 0.2) is 5.96 Å². The quantitative estimate of drug-likeness (QED) is 0.366. The zero-order valence-corrected chi connectivity index (χ0v) is 19.5. The molecule has 2 aliphatic rings. The Hall–Kier alpha value is -0.730. The standard InChI is InChI=1S/C20H32ClN5.HI/c1-3-22-20(23-14-16-7-10-25(2)11-8-16)24-18-9-12-26(15-18)19-6-4-5-17(21)13-19;/h4-6,13,16,18H,3,7-12,14-15H2,1-2H3,(H2,22,23,24);1H. The van der Waals surface area contributed by atoms with E-state index in [0.29, 0.717) is 12.0 Å². The minimum atomic E-state index is 0. The van der Waals surface area contributed by atoms with Crippen molar-refractivity contribution in [2.24, 2.45) is 10.9 Å². The van der Waals surface area contributed by atoms with Gasteiger partial charge in [0, 0.05) is 42.9 Å². The second kappa shape index (κ2) is 11.3. The lowest BCUT2D eigenvalue weighted by molar-refractivity contribution is 0.223. The van der Waals surface area contributed by atoms with E-state index in [4.69, 9.17) is 16.6 Å². The fraction of sp³-hybridized carbons (Fsp3) is 0.650. The Bertz CT molecular complexity index is 604. The highest BCUT2D eigenvalue weighted by Gasteiger charge is 2.24. The van der Waals surface area contributed by atoms with E-state index in [1.165, 1.54) is 31.6 Å². The van der Waals surface area contributed by atoms with Gasteiger partial charge in [-0.2, -0.15) is 0 Å². The Kier molecular flexibility index (Phi) is 9.45. The van der Waals surface area contributed by atoms with Crippen LogP contribution >= 0.6 is 35.6 Å². The average molecular weight is 506 g/mol. The molecule has 0 aliphatic carbocycles. The molecule has 0 bridgehead atoms. The van der Waals surface area contributed by atoms with Gasteiger partial charge >= 0.3 is 0 Å². The Morgan fingerprint density at radius 2 is 2.00 bits per heavy atom. The molecule has 2 N–H and O–H groups in total. The smallest absolute Gasteiger partial charge is 0.191 e. The number of piperidine rings is 1. The van der Waals surface area contributed by atoms with Gasteiger partial charge < -0.3 is 20.4 Å². The number of nitrogens with zero attached hydrogens (tertiary/aromatic N) is 3. The van der Waals surface area contributed by atoms with Crippen LogP contribution in [-0.4, -0.2) is 63.2 Å². The molecule has 2 saturated heterocycles. The highest BCUT2D eigenvalue weighted by molar-refractivity contribution is 14.0. The van der Waals surface area contributed by atoms with Crippen molar-refractivity contribution in [1.82, 2.24) is 15.5 Å². The van der Waals surface area contributed by atoms with Gasteiger partial charge in [-0.3, -0.25) is 4.99 Å². The van der Waals surface area contributed by atoms with Crippen molar-refractivity contribution in [3.05, 3.63) is 29.3 Å². The van der Waals surface area contributed by atoms with Crippen LogP contribution in [0.2, 0.25) is 5.02 Å². The molecule has 0 saturated carbocycles. The van der Waals surface area contributed by atoms with Gasteiger partial charge in [0.25, 0.3) is 0 Å². The summed E-state index contributed by atoms with van der Waals surface area (Å²) in [7, 11) is 2.21. The summed E-state index contributed by atoms with van der Waals surface area (Å²) in [6, 6.07) is 8.54. The van der Waals surface area contributed by atoms with Crippen molar-refractivity contribution < 1.29 is 0 Å². The second-order valence-corrected chi connectivity index (χ2v) is 7.96. The second-order valence-electron chi connectivity index (χ2n) is 7.52. The summed E-state index contributed by atoms with van der Waals surface area (Å²) in [5.41, 5.74) is 1.20. The number of anilines is 1. The molecule has 3 rings (SSSR count). The maximum absolute atomic E-state index is 6.13. The minimum absolute atomic E-state index is 0. The van der Waals surface area contributed by atoms with Crippen molar-refractivity contribution >= 4 is 47.2 Å². The predicted molar refractivity (Wildman–Crippen MR) is 127 cm³/mol. The number of rotatable bonds is 5. The summed E-state index contributed by atoms with van der Waals surface area (Å²) in [5.74, 6) is 1.68. The summed E-state index contributed by atoms with van der Waals surface area (Å²) >= 11 is 6.13. The van der Waals surface area contributed by atoms with Crippen molar-refractivity contribution in [3.8, 4) is 0 Å². The number of hydrogen-bond acceptors (Lipinski definition) is 3. The first kappa shape index (κ1) is 22.6. The van der Waals surface area contributed by atoms with Crippen LogP contribution in [0.15, 0.2) is 29.3 Å². The van der Waals surface area contributed by atoms with E-state index in [2.05, 4.69) is 40.5 Å². The Balaban J connectivity index is 0.00000261. The molecule has 7 heteroatoms. The zero-order chi connectivity index (χ0) is 18.4. The van der Waals surface area contributed by atoms with Crippen molar-refractivity contribution in [2.45, 2.75) is 32.2 Å². The molecule has 2 heterocycles. The molecular weight excluding hydrogens is 473 g/mol. The molecule has 1 atom stereocenters. The lowest BCUT2D eigenvalue weighted by Crippen LogP contribution is -2.45. The fourth-order valence-electron chi connectivity index (χ4n) is 3.76. The fourth-order valence-corrected chi connectivity index (χ4v) is 3.95. The Morgan fingerprint density at radius 3 is 2.70 bits per heavy atom. The first-order valence-corrected chi connectivity index (χ1v) is 10.3. The van der Waals surface area contributed by atoms with Gasteiger partial charge in [-0.15, -0.1) is 24.0 Å². The van der Waals surface area contributed by atoms with Crippen molar-refractivity contribution in [2.75, 3.05) is 51.2 Å². The van der Waals surface area contributed by atoms with E-state index in [-0.39, 0.29) is 24.0 Å².